The first kappa shape index (κ1) is 13.3. The quantitative estimate of drug-likeness (QED) is 0.927. The van der Waals surface area contributed by atoms with Gasteiger partial charge in [0.2, 0.25) is 5.79 Å². The van der Waals surface area contributed by atoms with Crippen LogP contribution < -0.4 is 5.73 Å². The van der Waals surface area contributed by atoms with Gasteiger partial charge in [-0.05, 0) is 12.0 Å². The molecule has 2 N–H and O–H groups in total. The van der Waals surface area contributed by atoms with Crippen LogP contribution in [0.3, 0.4) is 0 Å². The fourth-order valence-electron chi connectivity index (χ4n) is 2.70. The highest BCUT2D eigenvalue weighted by Crippen LogP contribution is 2.35. The second-order valence-corrected chi connectivity index (χ2v) is 5.03. The largest absolute Gasteiger partial charge is 0.342 e. The second kappa shape index (κ2) is 5.75. The molecule has 1 fully saturated rings. The Labute approximate surface area is 119 Å². The summed E-state index contributed by atoms with van der Waals surface area (Å²) in [5, 5.41) is 0. The third-order valence-electron chi connectivity index (χ3n) is 3.68. The van der Waals surface area contributed by atoms with Gasteiger partial charge in [0.15, 0.2) is 0 Å². The van der Waals surface area contributed by atoms with Gasteiger partial charge < -0.3 is 15.2 Å². The van der Waals surface area contributed by atoms with Gasteiger partial charge in [-0.2, -0.15) is 0 Å². The molecule has 1 heterocycles. The summed E-state index contributed by atoms with van der Waals surface area (Å²) in [5.41, 5.74) is 8.60. The maximum absolute atomic E-state index is 6.43. The number of benzene rings is 2. The third-order valence-corrected chi connectivity index (χ3v) is 3.68. The molecule has 20 heavy (non-hydrogen) atoms. The first-order chi connectivity index (χ1) is 9.81. The van der Waals surface area contributed by atoms with Crippen molar-refractivity contribution < 1.29 is 9.47 Å². The molecule has 3 rings (SSSR count). The van der Waals surface area contributed by atoms with E-state index in [0.717, 1.165) is 12.0 Å². The van der Waals surface area contributed by atoms with Gasteiger partial charge in [0.25, 0.3) is 0 Å². The van der Waals surface area contributed by atoms with Crippen molar-refractivity contribution in [2.75, 3.05) is 13.2 Å². The predicted molar refractivity (Wildman–Crippen MR) is 78.1 cm³/mol. The van der Waals surface area contributed by atoms with Crippen molar-refractivity contribution in [3.8, 4) is 0 Å². The normalized spacial score (nSPS) is 18.9. The van der Waals surface area contributed by atoms with Crippen LogP contribution in [-0.4, -0.2) is 19.3 Å². The van der Waals surface area contributed by atoms with Crippen LogP contribution >= 0.6 is 0 Å². The van der Waals surface area contributed by atoms with Crippen LogP contribution in [0.1, 0.15) is 11.1 Å². The van der Waals surface area contributed by atoms with Crippen LogP contribution in [0.15, 0.2) is 60.7 Å². The van der Waals surface area contributed by atoms with E-state index in [0.29, 0.717) is 13.2 Å². The summed E-state index contributed by atoms with van der Waals surface area (Å²) in [4.78, 5) is 0. The number of ether oxygens (including phenoxy) is 2. The summed E-state index contributed by atoms with van der Waals surface area (Å²) < 4.78 is 11.8. The molecule has 0 amide bonds. The molecule has 2 aromatic carbocycles. The van der Waals surface area contributed by atoms with Gasteiger partial charge in [0, 0.05) is 5.56 Å². The summed E-state index contributed by atoms with van der Waals surface area (Å²) >= 11 is 0. The molecule has 3 heteroatoms. The van der Waals surface area contributed by atoms with Gasteiger partial charge in [-0.1, -0.05) is 60.7 Å². The van der Waals surface area contributed by atoms with Crippen molar-refractivity contribution in [3.63, 3.8) is 0 Å². The molecule has 1 aliphatic rings. The van der Waals surface area contributed by atoms with Crippen molar-refractivity contribution in [2.24, 2.45) is 5.73 Å². The molecule has 104 valence electrons. The average molecular weight is 269 g/mol. The maximum Gasteiger partial charge on any atom is 0.211 e. The fraction of sp³-hybridized carbons (Fsp3) is 0.294. The fourth-order valence-corrected chi connectivity index (χ4v) is 2.70. The molecule has 0 unspecified atom stereocenters. The summed E-state index contributed by atoms with van der Waals surface area (Å²) in [6.45, 7) is 1.16. The van der Waals surface area contributed by atoms with E-state index in [-0.39, 0.29) is 6.04 Å². The lowest BCUT2D eigenvalue weighted by atomic mass is 9.93. The lowest BCUT2D eigenvalue weighted by Gasteiger charge is -2.33. The van der Waals surface area contributed by atoms with Gasteiger partial charge in [-0.15, -0.1) is 0 Å². The smallest absolute Gasteiger partial charge is 0.211 e. The van der Waals surface area contributed by atoms with Gasteiger partial charge in [0.05, 0.1) is 19.3 Å². The van der Waals surface area contributed by atoms with E-state index in [4.69, 9.17) is 15.2 Å². The van der Waals surface area contributed by atoms with Crippen molar-refractivity contribution in [1.82, 2.24) is 0 Å². The van der Waals surface area contributed by atoms with Crippen LogP contribution in [-0.2, 0) is 21.7 Å². The van der Waals surface area contributed by atoms with E-state index in [1.54, 1.807) is 0 Å². The molecule has 0 aromatic heterocycles. The molecular formula is C17H19NO2. The Morgan fingerprint density at radius 2 is 1.45 bits per heavy atom. The molecule has 0 saturated carbocycles. The van der Waals surface area contributed by atoms with E-state index >= 15 is 0 Å². The lowest BCUT2D eigenvalue weighted by molar-refractivity contribution is -0.181. The molecule has 0 aliphatic carbocycles. The van der Waals surface area contributed by atoms with E-state index < -0.39 is 5.79 Å². The first-order valence-corrected chi connectivity index (χ1v) is 6.94. The van der Waals surface area contributed by atoms with E-state index in [9.17, 15) is 0 Å². The molecule has 1 aliphatic heterocycles. The van der Waals surface area contributed by atoms with Crippen molar-refractivity contribution in [2.45, 2.75) is 18.2 Å². The van der Waals surface area contributed by atoms with Gasteiger partial charge in [-0.25, -0.2) is 0 Å². The highest BCUT2D eigenvalue weighted by molar-refractivity contribution is 5.25. The minimum Gasteiger partial charge on any atom is -0.342 e. The number of hydrogen-bond donors (Lipinski definition) is 1. The highest BCUT2D eigenvalue weighted by Gasteiger charge is 2.44. The molecule has 1 saturated heterocycles. The maximum atomic E-state index is 6.43. The molecule has 0 radical (unpaired) electrons. The first-order valence-electron chi connectivity index (χ1n) is 6.94. The molecule has 0 spiro atoms. The monoisotopic (exact) mass is 269 g/mol. The van der Waals surface area contributed by atoms with E-state index in [1.807, 2.05) is 48.5 Å². The van der Waals surface area contributed by atoms with Crippen LogP contribution in [0, 0.1) is 0 Å². The summed E-state index contributed by atoms with van der Waals surface area (Å²) in [7, 11) is 0. The van der Waals surface area contributed by atoms with E-state index in [2.05, 4.69) is 12.1 Å². The Bertz CT molecular complexity index is 535. The van der Waals surface area contributed by atoms with E-state index in [1.165, 1.54) is 5.56 Å². The van der Waals surface area contributed by atoms with Gasteiger partial charge in [-0.3, -0.25) is 0 Å². The molecule has 0 bridgehead atoms. The zero-order chi connectivity index (χ0) is 13.8. The zero-order valence-corrected chi connectivity index (χ0v) is 11.4. The SMILES string of the molecule is N[C@@H](Cc1ccccc1)C1(c2ccccc2)OCCO1. The zero-order valence-electron chi connectivity index (χ0n) is 11.4. The average Bonchev–Trinajstić information content (AvgIpc) is 3.00. The van der Waals surface area contributed by atoms with Crippen LogP contribution in [0.2, 0.25) is 0 Å². The predicted octanol–water partition coefficient (Wildman–Crippen LogP) is 2.46. The topological polar surface area (TPSA) is 44.5 Å². The number of hydrogen-bond acceptors (Lipinski definition) is 3. The number of nitrogens with two attached hydrogens (primary N) is 1. The lowest BCUT2D eigenvalue weighted by Crippen LogP contribution is -2.47. The van der Waals surface area contributed by atoms with Crippen molar-refractivity contribution in [3.05, 3.63) is 71.8 Å². The van der Waals surface area contributed by atoms with Gasteiger partial charge >= 0.3 is 0 Å². The molecule has 2 aromatic rings. The Balaban J connectivity index is 1.87. The second-order valence-electron chi connectivity index (χ2n) is 5.03. The van der Waals surface area contributed by atoms with Gasteiger partial charge in [0.1, 0.15) is 0 Å². The summed E-state index contributed by atoms with van der Waals surface area (Å²) in [6.07, 6.45) is 0.718. The van der Waals surface area contributed by atoms with Crippen molar-refractivity contribution in [1.29, 1.82) is 0 Å². The third kappa shape index (κ3) is 2.48. The Kier molecular flexibility index (Phi) is 3.83. The Hall–Kier alpha value is -1.68. The highest BCUT2D eigenvalue weighted by atomic mass is 16.7. The Morgan fingerprint density at radius 1 is 0.900 bits per heavy atom. The minimum atomic E-state index is -0.822. The molecule has 3 nitrogen and oxygen atoms in total. The minimum absolute atomic E-state index is 0.241. The Morgan fingerprint density at radius 3 is 2.05 bits per heavy atom. The van der Waals surface area contributed by atoms with Crippen LogP contribution in [0.25, 0.3) is 0 Å². The summed E-state index contributed by atoms with van der Waals surface area (Å²) in [5.74, 6) is -0.822. The number of rotatable bonds is 4. The van der Waals surface area contributed by atoms with Crippen LogP contribution in [0.4, 0.5) is 0 Å². The molecule has 1 atom stereocenters. The molecular weight excluding hydrogens is 250 g/mol. The van der Waals surface area contributed by atoms with Crippen LogP contribution in [0.5, 0.6) is 0 Å². The summed E-state index contributed by atoms with van der Waals surface area (Å²) in [6, 6.07) is 19.9. The van der Waals surface area contributed by atoms with Crippen molar-refractivity contribution >= 4 is 0 Å². The standard InChI is InChI=1S/C17H19NO2/c18-16(13-14-7-3-1-4-8-14)17(19-11-12-20-17)15-9-5-2-6-10-15/h1-10,16H,11-13,18H2/t16-/m0/s1.